The first-order valence-electron chi connectivity index (χ1n) is 6.17. The highest BCUT2D eigenvalue weighted by molar-refractivity contribution is 4.95. The molecule has 0 aliphatic heterocycles. The molecule has 16 heavy (non-hydrogen) atoms. The van der Waals surface area contributed by atoms with Crippen LogP contribution < -0.4 is 5.32 Å². The minimum absolute atomic E-state index is 0.0177. The molecule has 0 amide bonds. The zero-order chi connectivity index (χ0) is 11.8. The lowest BCUT2D eigenvalue weighted by Gasteiger charge is -2.21. The van der Waals surface area contributed by atoms with Crippen molar-refractivity contribution in [3.05, 3.63) is 0 Å². The smallest absolute Gasteiger partial charge is 0.0967 e. The largest absolute Gasteiger partial charge is 0.383 e. The summed E-state index contributed by atoms with van der Waals surface area (Å²) in [6.45, 7) is 5.85. The molecule has 1 fully saturated rings. The molecule has 1 atom stereocenters. The van der Waals surface area contributed by atoms with Gasteiger partial charge in [0.05, 0.1) is 18.7 Å². The molecule has 0 bridgehead atoms. The van der Waals surface area contributed by atoms with E-state index in [4.69, 9.17) is 10.00 Å². The van der Waals surface area contributed by atoms with Crippen molar-refractivity contribution in [1.82, 2.24) is 10.2 Å². The average molecular weight is 225 g/mol. The van der Waals surface area contributed by atoms with E-state index in [1.807, 2.05) is 0 Å². The van der Waals surface area contributed by atoms with Crippen molar-refractivity contribution in [2.75, 3.05) is 33.4 Å². The fourth-order valence-corrected chi connectivity index (χ4v) is 1.68. The van der Waals surface area contributed by atoms with Crippen molar-refractivity contribution in [3.8, 4) is 6.07 Å². The van der Waals surface area contributed by atoms with Gasteiger partial charge < -0.3 is 9.64 Å². The zero-order valence-electron chi connectivity index (χ0n) is 10.4. The van der Waals surface area contributed by atoms with Crippen LogP contribution in [0.15, 0.2) is 0 Å². The predicted octanol–water partition coefficient (Wildman–Crippen LogP) is 0.989. The summed E-state index contributed by atoms with van der Waals surface area (Å²) < 4.78 is 5.06. The maximum absolute atomic E-state index is 9.01. The Hall–Kier alpha value is -0.630. The third kappa shape index (κ3) is 5.45. The van der Waals surface area contributed by atoms with Crippen molar-refractivity contribution in [3.63, 3.8) is 0 Å². The Balaban J connectivity index is 2.15. The molecule has 0 radical (unpaired) electrons. The van der Waals surface area contributed by atoms with Crippen LogP contribution in [0.3, 0.4) is 0 Å². The lowest BCUT2D eigenvalue weighted by atomic mass is 10.2. The molecule has 1 N–H and O–H groups in total. The second kappa shape index (κ2) is 7.61. The molecule has 1 rings (SSSR count). The van der Waals surface area contributed by atoms with Gasteiger partial charge in [-0.3, -0.25) is 5.32 Å². The molecule has 0 spiro atoms. The predicted molar refractivity (Wildman–Crippen MR) is 64.2 cm³/mol. The van der Waals surface area contributed by atoms with Gasteiger partial charge in [-0.05, 0) is 25.8 Å². The number of hydrogen-bond acceptors (Lipinski definition) is 4. The first kappa shape index (κ1) is 13.4. The molecule has 1 aliphatic rings. The monoisotopic (exact) mass is 225 g/mol. The van der Waals surface area contributed by atoms with Crippen molar-refractivity contribution in [1.29, 1.82) is 5.26 Å². The van der Waals surface area contributed by atoms with Crippen LogP contribution in [0.2, 0.25) is 0 Å². The van der Waals surface area contributed by atoms with E-state index in [1.54, 1.807) is 7.11 Å². The summed E-state index contributed by atoms with van der Waals surface area (Å²) in [6.07, 6.45) is 3.38. The van der Waals surface area contributed by atoms with Crippen LogP contribution in [-0.2, 0) is 4.74 Å². The summed E-state index contributed by atoms with van der Waals surface area (Å²) >= 11 is 0. The Kier molecular flexibility index (Phi) is 6.39. The van der Waals surface area contributed by atoms with E-state index in [1.165, 1.54) is 12.8 Å². The van der Waals surface area contributed by atoms with Crippen LogP contribution in [0.25, 0.3) is 0 Å². The van der Waals surface area contributed by atoms with Gasteiger partial charge in [0.1, 0.15) is 0 Å². The molecular weight excluding hydrogens is 202 g/mol. The number of nitrogens with one attached hydrogen (secondary N) is 1. The summed E-state index contributed by atoms with van der Waals surface area (Å²) in [7, 11) is 1.72. The number of rotatable bonds is 9. The van der Waals surface area contributed by atoms with E-state index in [0.29, 0.717) is 6.04 Å². The Morgan fingerprint density at radius 2 is 2.25 bits per heavy atom. The molecule has 0 aromatic carbocycles. The standard InChI is InChI=1S/C12H23N3O/c1-3-15(8-9-16-2)7-6-12(10-13)14-11-4-5-11/h11-12,14H,3-9H2,1-2H3. The van der Waals surface area contributed by atoms with Crippen LogP contribution in [0, 0.1) is 11.3 Å². The zero-order valence-corrected chi connectivity index (χ0v) is 10.4. The van der Waals surface area contributed by atoms with Gasteiger partial charge >= 0.3 is 0 Å². The quantitative estimate of drug-likeness (QED) is 0.636. The maximum Gasteiger partial charge on any atom is 0.0967 e. The summed E-state index contributed by atoms with van der Waals surface area (Å²) in [4.78, 5) is 2.32. The van der Waals surface area contributed by atoms with Gasteiger partial charge in [0.25, 0.3) is 0 Å². The highest BCUT2D eigenvalue weighted by Gasteiger charge is 2.24. The molecule has 0 aromatic rings. The highest BCUT2D eigenvalue weighted by atomic mass is 16.5. The van der Waals surface area contributed by atoms with E-state index in [0.717, 1.165) is 32.7 Å². The Labute approximate surface area is 98.6 Å². The van der Waals surface area contributed by atoms with Crippen molar-refractivity contribution in [2.45, 2.75) is 38.3 Å². The van der Waals surface area contributed by atoms with Crippen LogP contribution >= 0.6 is 0 Å². The molecule has 1 saturated carbocycles. The van der Waals surface area contributed by atoms with Crippen LogP contribution in [-0.4, -0.2) is 50.3 Å². The summed E-state index contributed by atoms with van der Waals surface area (Å²) in [5.74, 6) is 0. The van der Waals surface area contributed by atoms with E-state index in [-0.39, 0.29) is 6.04 Å². The Bertz CT molecular complexity index is 223. The number of likely N-dealkylation sites (N-methyl/N-ethyl adjacent to an activating group) is 1. The van der Waals surface area contributed by atoms with Gasteiger partial charge in [0.15, 0.2) is 0 Å². The molecule has 0 aromatic heterocycles. The average Bonchev–Trinajstić information content (AvgIpc) is 3.11. The van der Waals surface area contributed by atoms with Crippen LogP contribution in [0.5, 0.6) is 0 Å². The molecular formula is C12H23N3O. The molecule has 0 saturated heterocycles. The first-order valence-corrected chi connectivity index (χ1v) is 6.17. The maximum atomic E-state index is 9.01. The molecule has 1 unspecified atom stereocenters. The van der Waals surface area contributed by atoms with Gasteiger partial charge in [-0.1, -0.05) is 6.92 Å². The number of nitriles is 1. The fourth-order valence-electron chi connectivity index (χ4n) is 1.68. The Morgan fingerprint density at radius 3 is 2.75 bits per heavy atom. The number of ether oxygens (including phenoxy) is 1. The third-order valence-electron chi connectivity index (χ3n) is 2.96. The minimum atomic E-state index is 0.0177. The van der Waals surface area contributed by atoms with E-state index < -0.39 is 0 Å². The topological polar surface area (TPSA) is 48.3 Å². The first-order chi connectivity index (χ1) is 7.80. The van der Waals surface area contributed by atoms with Gasteiger partial charge in [-0.15, -0.1) is 0 Å². The Morgan fingerprint density at radius 1 is 1.50 bits per heavy atom. The van der Waals surface area contributed by atoms with Gasteiger partial charge in [-0.25, -0.2) is 0 Å². The second-order valence-electron chi connectivity index (χ2n) is 4.34. The fraction of sp³-hybridized carbons (Fsp3) is 0.917. The van der Waals surface area contributed by atoms with Crippen LogP contribution in [0.4, 0.5) is 0 Å². The van der Waals surface area contributed by atoms with Crippen molar-refractivity contribution >= 4 is 0 Å². The van der Waals surface area contributed by atoms with Gasteiger partial charge in [-0.2, -0.15) is 5.26 Å². The van der Waals surface area contributed by atoms with E-state index in [2.05, 4.69) is 23.2 Å². The summed E-state index contributed by atoms with van der Waals surface area (Å²) in [6, 6.07) is 2.97. The molecule has 4 heteroatoms. The summed E-state index contributed by atoms with van der Waals surface area (Å²) in [5.41, 5.74) is 0. The minimum Gasteiger partial charge on any atom is -0.383 e. The normalized spacial score (nSPS) is 17.4. The summed E-state index contributed by atoms with van der Waals surface area (Å²) in [5, 5.41) is 12.4. The van der Waals surface area contributed by atoms with Crippen molar-refractivity contribution < 1.29 is 4.74 Å². The van der Waals surface area contributed by atoms with E-state index in [9.17, 15) is 0 Å². The molecule has 92 valence electrons. The lowest BCUT2D eigenvalue weighted by molar-refractivity contribution is 0.149. The molecule has 0 heterocycles. The van der Waals surface area contributed by atoms with E-state index >= 15 is 0 Å². The second-order valence-corrected chi connectivity index (χ2v) is 4.34. The third-order valence-corrected chi connectivity index (χ3v) is 2.96. The number of nitrogens with zero attached hydrogens (tertiary/aromatic N) is 2. The highest BCUT2D eigenvalue weighted by Crippen LogP contribution is 2.19. The number of methoxy groups -OCH3 is 1. The molecule has 1 aliphatic carbocycles. The number of hydrogen-bond donors (Lipinski definition) is 1. The van der Waals surface area contributed by atoms with Crippen molar-refractivity contribution in [2.24, 2.45) is 0 Å². The van der Waals surface area contributed by atoms with Gasteiger partial charge in [0.2, 0.25) is 0 Å². The lowest BCUT2D eigenvalue weighted by Crippen LogP contribution is -2.35. The van der Waals surface area contributed by atoms with Crippen LogP contribution in [0.1, 0.15) is 26.2 Å². The molecule has 4 nitrogen and oxygen atoms in total. The SMILES string of the molecule is CCN(CCOC)CCC(C#N)NC1CC1. The van der Waals surface area contributed by atoms with Gasteiger partial charge in [0, 0.05) is 26.2 Å².